The fourth-order valence-corrected chi connectivity index (χ4v) is 2.15. The highest BCUT2D eigenvalue weighted by atomic mass is 15.2. The van der Waals surface area contributed by atoms with Crippen LogP contribution in [0.3, 0.4) is 0 Å². The number of unbranched alkanes of at least 4 members (excludes halogenated alkanes) is 3. The van der Waals surface area contributed by atoms with Gasteiger partial charge in [0.1, 0.15) is 0 Å². The molecule has 2 N–H and O–H groups in total. The summed E-state index contributed by atoms with van der Waals surface area (Å²) in [5, 5.41) is 6.77. The summed E-state index contributed by atoms with van der Waals surface area (Å²) >= 11 is 0. The summed E-state index contributed by atoms with van der Waals surface area (Å²) < 4.78 is 0. The summed E-state index contributed by atoms with van der Waals surface area (Å²) in [4.78, 5) is 8.90. The van der Waals surface area contributed by atoms with Crippen molar-refractivity contribution in [1.82, 2.24) is 15.6 Å². The zero-order valence-corrected chi connectivity index (χ0v) is 13.7. The molecule has 0 spiro atoms. The van der Waals surface area contributed by atoms with Gasteiger partial charge in [0.15, 0.2) is 5.96 Å². The summed E-state index contributed by atoms with van der Waals surface area (Å²) in [6.07, 6.45) is 8.22. The van der Waals surface area contributed by atoms with Crippen molar-refractivity contribution in [3.8, 4) is 0 Å². The zero-order valence-electron chi connectivity index (χ0n) is 13.7. The van der Waals surface area contributed by atoms with E-state index in [0.29, 0.717) is 12.6 Å². The van der Waals surface area contributed by atoms with Crippen LogP contribution in [0.15, 0.2) is 29.4 Å². The largest absolute Gasteiger partial charge is 0.357 e. The topological polar surface area (TPSA) is 49.3 Å². The Labute approximate surface area is 129 Å². The van der Waals surface area contributed by atoms with E-state index in [1.165, 1.54) is 32.1 Å². The summed E-state index contributed by atoms with van der Waals surface area (Å²) in [5.41, 5.74) is 0.991. The minimum atomic E-state index is 0.448. The molecule has 118 valence electrons. The van der Waals surface area contributed by atoms with Crippen LogP contribution in [0.4, 0.5) is 0 Å². The lowest BCUT2D eigenvalue weighted by atomic mass is 10.1. The number of nitrogens with zero attached hydrogens (tertiary/aromatic N) is 2. The molecule has 1 heterocycles. The lowest BCUT2D eigenvalue weighted by molar-refractivity contribution is 0.537. The van der Waals surface area contributed by atoms with Gasteiger partial charge in [0, 0.05) is 18.8 Å². The van der Waals surface area contributed by atoms with Gasteiger partial charge in [0.05, 0.1) is 12.2 Å². The van der Waals surface area contributed by atoms with E-state index in [1.807, 2.05) is 24.4 Å². The monoisotopic (exact) mass is 290 g/mol. The third-order valence-electron chi connectivity index (χ3n) is 3.34. The second-order valence-electron chi connectivity index (χ2n) is 5.41. The highest BCUT2D eigenvalue weighted by Gasteiger charge is 2.04. The molecule has 1 aromatic rings. The SMILES string of the molecule is CCCCCCC(C)NC(=NCc1ccccn1)NCC. The predicted molar refractivity (Wildman–Crippen MR) is 90.4 cm³/mol. The second kappa shape index (κ2) is 11.1. The average molecular weight is 290 g/mol. The van der Waals surface area contributed by atoms with E-state index in [-0.39, 0.29) is 0 Å². The van der Waals surface area contributed by atoms with E-state index in [9.17, 15) is 0 Å². The molecule has 0 fully saturated rings. The van der Waals surface area contributed by atoms with E-state index in [0.717, 1.165) is 18.2 Å². The van der Waals surface area contributed by atoms with Gasteiger partial charge in [0.25, 0.3) is 0 Å². The van der Waals surface area contributed by atoms with Crippen LogP contribution < -0.4 is 10.6 Å². The minimum absolute atomic E-state index is 0.448. The lowest BCUT2D eigenvalue weighted by Gasteiger charge is -2.17. The highest BCUT2D eigenvalue weighted by Crippen LogP contribution is 2.05. The van der Waals surface area contributed by atoms with E-state index in [4.69, 9.17) is 0 Å². The number of aromatic nitrogens is 1. The summed E-state index contributed by atoms with van der Waals surface area (Å²) in [6.45, 7) is 8.04. The van der Waals surface area contributed by atoms with Crippen LogP contribution in [0.1, 0.15) is 58.6 Å². The molecule has 0 aromatic carbocycles. The van der Waals surface area contributed by atoms with Crippen LogP contribution in [-0.2, 0) is 6.54 Å². The van der Waals surface area contributed by atoms with Crippen molar-refractivity contribution < 1.29 is 0 Å². The van der Waals surface area contributed by atoms with Crippen molar-refractivity contribution in [2.45, 2.75) is 65.5 Å². The zero-order chi connectivity index (χ0) is 15.3. The minimum Gasteiger partial charge on any atom is -0.357 e. The Morgan fingerprint density at radius 1 is 1.24 bits per heavy atom. The maximum Gasteiger partial charge on any atom is 0.191 e. The molecule has 0 saturated heterocycles. The standard InChI is InChI=1S/C17H30N4/c1-4-6-7-8-11-15(3)21-17(18-5-2)20-14-16-12-9-10-13-19-16/h9-10,12-13,15H,4-8,11,14H2,1-3H3,(H2,18,20,21). The van der Waals surface area contributed by atoms with Crippen LogP contribution in [0, 0.1) is 0 Å². The fraction of sp³-hybridized carbons (Fsp3) is 0.647. The summed E-state index contributed by atoms with van der Waals surface area (Å²) in [5.74, 6) is 0.881. The first-order chi connectivity index (χ1) is 10.3. The Kier molecular flexibility index (Phi) is 9.25. The van der Waals surface area contributed by atoms with Crippen LogP contribution in [0.25, 0.3) is 0 Å². The Morgan fingerprint density at radius 2 is 2.10 bits per heavy atom. The molecule has 1 aromatic heterocycles. The second-order valence-corrected chi connectivity index (χ2v) is 5.41. The van der Waals surface area contributed by atoms with Crippen LogP contribution >= 0.6 is 0 Å². The molecule has 1 unspecified atom stereocenters. The maximum atomic E-state index is 4.60. The van der Waals surface area contributed by atoms with E-state index < -0.39 is 0 Å². The average Bonchev–Trinajstić information content (AvgIpc) is 2.50. The Bertz CT molecular complexity index is 389. The van der Waals surface area contributed by atoms with Gasteiger partial charge in [-0.3, -0.25) is 4.98 Å². The Morgan fingerprint density at radius 3 is 2.76 bits per heavy atom. The van der Waals surface area contributed by atoms with E-state index in [1.54, 1.807) is 0 Å². The van der Waals surface area contributed by atoms with Crippen LogP contribution in [-0.4, -0.2) is 23.5 Å². The molecule has 21 heavy (non-hydrogen) atoms. The molecule has 0 aliphatic rings. The molecule has 4 heteroatoms. The van der Waals surface area contributed by atoms with Gasteiger partial charge < -0.3 is 10.6 Å². The smallest absolute Gasteiger partial charge is 0.191 e. The number of pyridine rings is 1. The van der Waals surface area contributed by atoms with Gasteiger partial charge in [-0.15, -0.1) is 0 Å². The van der Waals surface area contributed by atoms with Crippen molar-refractivity contribution in [2.75, 3.05) is 6.54 Å². The molecular weight excluding hydrogens is 260 g/mol. The van der Waals surface area contributed by atoms with Crippen molar-refractivity contribution >= 4 is 5.96 Å². The molecular formula is C17H30N4. The quantitative estimate of drug-likeness (QED) is 0.416. The van der Waals surface area contributed by atoms with Crippen molar-refractivity contribution in [3.63, 3.8) is 0 Å². The maximum absolute atomic E-state index is 4.60. The number of rotatable bonds is 9. The summed E-state index contributed by atoms with van der Waals surface area (Å²) in [7, 11) is 0. The molecule has 0 radical (unpaired) electrons. The number of hydrogen-bond donors (Lipinski definition) is 2. The van der Waals surface area contributed by atoms with Crippen molar-refractivity contribution in [1.29, 1.82) is 0 Å². The van der Waals surface area contributed by atoms with Gasteiger partial charge >= 0.3 is 0 Å². The first-order valence-corrected chi connectivity index (χ1v) is 8.21. The highest BCUT2D eigenvalue weighted by molar-refractivity contribution is 5.79. The molecule has 0 aliphatic heterocycles. The Hall–Kier alpha value is -1.58. The van der Waals surface area contributed by atoms with Gasteiger partial charge in [-0.1, -0.05) is 38.7 Å². The molecule has 0 aliphatic carbocycles. The van der Waals surface area contributed by atoms with Gasteiger partial charge in [0.2, 0.25) is 0 Å². The number of nitrogens with one attached hydrogen (secondary N) is 2. The van der Waals surface area contributed by atoms with Gasteiger partial charge in [-0.25, -0.2) is 4.99 Å². The first kappa shape index (κ1) is 17.5. The first-order valence-electron chi connectivity index (χ1n) is 8.21. The third kappa shape index (κ3) is 8.33. The van der Waals surface area contributed by atoms with Crippen molar-refractivity contribution in [2.24, 2.45) is 4.99 Å². The molecule has 0 bridgehead atoms. The predicted octanol–water partition coefficient (Wildman–Crippen LogP) is 3.50. The fourth-order valence-electron chi connectivity index (χ4n) is 2.15. The van der Waals surface area contributed by atoms with E-state index in [2.05, 4.69) is 41.4 Å². The molecule has 0 saturated carbocycles. The molecule has 4 nitrogen and oxygen atoms in total. The van der Waals surface area contributed by atoms with Crippen LogP contribution in [0.5, 0.6) is 0 Å². The Balaban J connectivity index is 2.41. The van der Waals surface area contributed by atoms with Gasteiger partial charge in [-0.2, -0.15) is 0 Å². The van der Waals surface area contributed by atoms with Crippen molar-refractivity contribution in [3.05, 3.63) is 30.1 Å². The third-order valence-corrected chi connectivity index (χ3v) is 3.34. The number of hydrogen-bond acceptors (Lipinski definition) is 2. The normalized spacial score (nSPS) is 13.0. The molecule has 1 rings (SSSR count). The number of aliphatic imine (C=N–C) groups is 1. The van der Waals surface area contributed by atoms with Gasteiger partial charge in [-0.05, 0) is 32.4 Å². The summed E-state index contributed by atoms with van der Waals surface area (Å²) in [6, 6.07) is 6.37. The molecule has 0 amide bonds. The lowest BCUT2D eigenvalue weighted by Crippen LogP contribution is -2.42. The molecule has 1 atom stereocenters. The van der Waals surface area contributed by atoms with E-state index >= 15 is 0 Å². The number of guanidine groups is 1. The van der Waals surface area contributed by atoms with Crippen LogP contribution in [0.2, 0.25) is 0 Å².